The van der Waals surface area contributed by atoms with Gasteiger partial charge in [-0.1, -0.05) is 37.6 Å². The van der Waals surface area contributed by atoms with Crippen molar-refractivity contribution in [2.24, 2.45) is 17.8 Å². The summed E-state index contributed by atoms with van der Waals surface area (Å²) in [5.41, 5.74) is -2.52. The van der Waals surface area contributed by atoms with E-state index in [9.17, 15) is 32.0 Å². The highest BCUT2D eigenvalue weighted by Gasteiger charge is 2.64. The molecule has 1 saturated heterocycles. The number of carbonyl (C=O) groups is 4. The van der Waals surface area contributed by atoms with E-state index < -0.39 is 80.5 Å². The van der Waals surface area contributed by atoms with E-state index in [1.165, 1.54) is 18.2 Å². The van der Waals surface area contributed by atoms with E-state index in [2.05, 4.69) is 20.3 Å². The molecule has 4 aliphatic rings. The topological polar surface area (TPSA) is 182 Å². The van der Waals surface area contributed by atoms with Crippen LogP contribution in [-0.4, -0.2) is 96.5 Å². The monoisotopic (exact) mass is 819 g/mol. The van der Waals surface area contributed by atoms with Crippen LogP contribution in [-0.2, 0) is 29.1 Å². The Balaban J connectivity index is 1.36. The lowest BCUT2D eigenvalue weighted by atomic mass is 9.88. The van der Waals surface area contributed by atoms with Crippen molar-refractivity contribution in [1.29, 1.82) is 0 Å². The molecule has 2 saturated carbocycles. The van der Waals surface area contributed by atoms with Crippen LogP contribution in [0.1, 0.15) is 79.6 Å². The van der Waals surface area contributed by atoms with Gasteiger partial charge < -0.3 is 29.7 Å². The van der Waals surface area contributed by atoms with Gasteiger partial charge in [-0.25, -0.2) is 22.6 Å². The van der Waals surface area contributed by atoms with Crippen molar-refractivity contribution in [2.45, 2.75) is 114 Å². The molecule has 0 bridgehead atoms. The second kappa shape index (κ2) is 15.6. The van der Waals surface area contributed by atoms with Crippen molar-refractivity contribution in [2.75, 3.05) is 20.3 Å². The molecule has 6 rings (SSSR count). The zero-order chi connectivity index (χ0) is 40.8. The average molecular weight is 820 g/mol. The third-order valence-electron chi connectivity index (χ3n) is 11.2. The molecule has 3 N–H and O–H groups in total. The van der Waals surface area contributed by atoms with Crippen LogP contribution in [0.25, 0.3) is 10.8 Å². The molecule has 1 aromatic heterocycles. The number of benzene rings is 1. The number of ether oxygens (including phenoxy) is 3. The van der Waals surface area contributed by atoms with Gasteiger partial charge in [0.15, 0.2) is 0 Å². The number of alkyl halides is 1. The van der Waals surface area contributed by atoms with Crippen molar-refractivity contribution in [3.8, 4) is 11.5 Å². The highest BCUT2D eigenvalue weighted by atomic mass is 35.5. The Morgan fingerprint density at radius 3 is 2.54 bits per heavy atom. The molecule has 3 fully saturated rings. The normalized spacial score (nSPS) is 29.8. The third-order valence-corrected chi connectivity index (χ3v) is 13.7. The predicted octanol–water partition coefficient (Wildman–Crippen LogP) is 4.97. The van der Waals surface area contributed by atoms with Gasteiger partial charge >= 0.3 is 6.09 Å². The Morgan fingerprint density at radius 1 is 1.14 bits per heavy atom. The second-order valence-electron chi connectivity index (χ2n) is 16.8. The number of fused-ring (bicyclic) bond motifs is 3. The first-order valence-electron chi connectivity index (χ1n) is 19.0. The molecule has 306 valence electrons. The molecular formula is C39H51ClFN5O9S. The maximum Gasteiger partial charge on any atom is 0.408 e. The first kappa shape index (κ1) is 41.5. The zero-order valence-electron chi connectivity index (χ0n) is 32.5. The van der Waals surface area contributed by atoms with Crippen LogP contribution in [0.15, 0.2) is 36.5 Å². The van der Waals surface area contributed by atoms with E-state index in [0.717, 1.165) is 6.42 Å². The fraction of sp³-hybridized carbons (Fsp3) is 0.615. The summed E-state index contributed by atoms with van der Waals surface area (Å²) in [6.07, 6.45) is 5.69. The number of halogens is 2. The van der Waals surface area contributed by atoms with E-state index >= 15 is 0 Å². The quantitative estimate of drug-likeness (QED) is 0.243. The van der Waals surface area contributed by atoms with Crippen molar-refractivity contribution in [3.05, 3.63) is 41.7 Å². The van der Waals surface area contributed by atoms with E-state index in [1.54, 1.807) is 45.0 Å². The van der Waals surface area contributed by atoms with Gasteiger partial charge in [0.2, 0.25) is 21.8 Å². The van der Waals surface area contributed by atoms with Gasteiger partial charge in [0.1, 0.15) is 57.4 Å². The fourth-order valence-electron chi connectivity index (χ4n) is 7.75. The van der Waals surface area contributed by atoms with Gasteiger partial charge in [0.25, 0.3) is 5.91 Å². The summed E-state index contributed by atoms with van der Waals surface area (Å²) in [5, 5.41) is 7.01. The van der Waals surface area contributed by atoms with Crippen molar-refractivity contribution in [1.82, 2.24) is 25.2 Å². The summed E-state index contributed by atoms with van der Waals surface area (Å²) in [6.45, 7) is 7.81. The number of carbonyl (C=O) groups excluding carboxylic acids is 4. The van der Waals surface area contributed by atoms with E-state index in [0.29, 0.717) is 35.1 Å². The first-order valence-corrected chi connectivity index (χ1v) is 20.9. The number of nitrogens with zero attached hydrogens (tertiary/aromatic N) is 2. The van der Waals surface area contributed by atoms with Crippen LogP contribution in [0.4, 0.5) is 9.18 Å². The number of allylic oxidation sites excluding steroid dienone is 1. The van der Waals surface area contributed by atoms with Crippen LogP contribution in [0.5, 0.6) is 11.5 Å². The predicted molar refractivity (Wildman–Crippen MR) is 206 cm³/mol. The van der Waals surface area contributed by atoms with Crippen LogP contribution in [0.3, 0.4) is 0 Å². The molecule has 0 spiro atoms. The first-order chi connectivity index (χ1) is 26.3. The van der Waals surface area contributed by atoms with Crippen LogP contribution in [0, 0.1) is 17.8 Å². The van der Waals surface area contributed by atoms with E-state index in [4.69, 9.17) is 25.8 Å². The number of methoxy groups -OCH3 is 1. The number of rotatable bonds is 8. The summed E-state index contributed by atoms with van der Waals surface area (Å²) in [5.74, 6) is -2.21. The third kappa shape index (κ3) is 8.55. The Hall–Kier alpha value is -4.18. The molecule has 2 aliphatic carbocycles. The molecule has 4 amide bonds. The summed E-state index contributed by atoms with van der Waals surface area (Å²) < 4.78 is 58.1. The number of sulfonamides is 1. The van der Waals surface area contributed by atoms with Crippen LogP contribution in [0.2, 0.25) is 5.15 Å². The Morgan fingerprint density at radius 2 is 1.88 bits per heavy atom. The number of hydrogen-bond donors (Lipinski definition) is 3. The van der Waals surface area contributed by atoms with Crippen molar-refractivity contribution >= 4 is 56.2 Å². The van der Waals surface area contributed by atoms with E-state index in [-0.39, 0.29) is 49.2 Å². The van der Waals surface area contributed by atoms with Crippen LogP contribution >= 0.6 is 11.6 Å². The minimum absolute atomic E-state index is 0.0307. The molecule has 56 heavy (non-hydrogen) atoms. The van der Waals surface area contributed by atoms with Crippen LogP contribution < -0.4 is 24.8 Å². The maximum atomic E-state index is 14.8. The molecule has 2 aromatic rings. The lowest BCUT2D eigenvalue weighted by Gasteiger charge is -2.33. The molecule has 2 aliphatic heterocycles. The minimum atomic E-state index is -4.39. The van der Waals surface area contributed by atoms with Gasteiger partial charge in [-0.05, 0) is 89.3 Å². The zero-order valence-corrected chi connectivity index (χ0v) is 34.1. The van der Waals surface area contributed by atoms with Gasteiger partial charge in [-0.15, -0.1) is 0 Å². The SMILES string of the molecule is COc1ccc2c(Cl)ncc(O[C@@H]3C[C@H]4C(=O)N[C@]5(C(=O)NS(=O)(=O)C6(CF)CC6)C[C@H]5/C=C\CC[C@@H](C)C[C@@H](C)[C@H](NC(=O)OC(C)(C)C)C(=O)N4C3)c2c1. The number of pyridine rings is 1. The molecule has 0 unspecified atom stereocenters. The average Bonchev–Trinajstić information content (AvgIpc) is 4.03. The van der Waals surface area contributed by atoms with E-state index in [1.807, 2.05) is 19.9 Å². The molecule has 3 heterocycles. The summed E-state index contributed by atoms with van der Waals surface area (Å²) in [6, 6.07) is 2.90. The van der Waals surface area contributed by atoms with Gasteiger partial charge in [-0.2, -0.15) is 0 Å². The minimum Gasteiger partial charge on any atom is -0.497 e. The number of alkyl carbamates (subject to hydrolysis) is 1. The highest BCUT2D eigenvalue weighted by Crippen LogP contribution is 2.48. The maximum absolute atomic E-state index is 14.8. The fourth-order valence-corrected chi connectivity index (χ4v) is 9.39. The Kier molecular flexibility index (Phi) is 11.6. The van der Waals surface area contributed by atoms with Gasteiger partial charge in [0, 0.05) is 23.1 Å². The summed E-state index contributed by atoms with van der Waals surface area (Å²) in [4.78, 5) is 62.0. The number of aromatic nitrogens is 1. The molecule has 0 radical (unpaired) electrons. The molecule has 14 nitrogen and oxygen atoms in total. The molecular weight excluding hydrogens is 769 g/mol. The summed E-state index contributed by atoms with van der Waals surface area (Å²) >= 11 is 6.41. The molecule has 17 heteroatoms. The van der Waals surface area contributed by atoms with Gasteiger partial charge in [-0.3, -0.25) is 19.1 Å². The highest BCUT2D eigenvalue weighted by molar-refractivity contribution is 7.91. The van der Waals surface area contributed by atoms with Gasteiger partial charge in [0.05, 0.1) is 19.9 Å². The lowest BCUT2D eigenvalue weighted by molar-refractivity contribution is -0.142. The lowest BCUT2D eigenvalue weighted by Crippen LogP contribution is -2.59. The smallest absolute Gasteiger partial charge is 0.408 e. The van der Waals surface area contributed by atoms with Crippen molar-refractivity contribution < 1.29 is 46.2 Å². The summed E-state index contributed by atoms with van der Waals surface area (Å²) in [7, 11) is -2.87. The molecule has 1 aromatic carbocycles. The molecule has 7 atom stereocenters. The second-order valence-corrected chi connectivity index (χ2v) is 19.2. The standard InChI is InChI=1S/C39H51ClFN5O9S/c1-22-9-7-8-10-24-18-39(24,35(49)45-56(51,52)38(21-41)13-14-38)44-33(47)29-17-26(54-30-19-42-32(40)27-12-11-25(53-6)16-28(27)30)20-46(29)34(48)31(23(2)15-22)43-36(50)55-37(3,4)5/h8,10-12,16,19,22-24,26,29,31H,7,9,13-15,17-18,20-21H2,1-6H3,(H,43,50)(H,44,47)(H,45,49)/b10-8-/t22-,23-,24-,26-,29+,31+,39-/m1/s1. The number of amides is 4. The number of nitrogens with one attached hydrogen (secondary N) is 3. The Bertz CT molecular complexity index is 2020. The Labute approximate surface area is 331 Å². The number of hydrogen-bond acceptors (Lipinski definition) is 10. The van der Waals surface area contributed by atoms with Crippen molar-refractivity contribution in [3.63, 3.8) is 0 Å². The largest absolute Gasteiger partial charge is 0.497 e.